The lowest BCUT2D eigenvalue weighted by atomic mass is 10.3. The Labute approximate surface area is 128 Å². The summed E-state index contributed by atoms with van der Waals surface area (Å²) in [6, 6.07) is 0. The third-order valence-electron chi connectivity index (χ3n) is 2.31. The first-order chi connectivity index (χ1) is 9.65. The molecule has 0 rings (SSSR count). The summed E-state index contributed by atoms with van der Waals surface area (Å²) in [5, 5.41) is -16.4. The van der Waals surface area contributed by atoms with Gasteiger partial charge in [0.1, 0.15) is 0 Å². The maximum atomic E-state index is 13.4. The van der Waals surface area contributed by atoms with Gasteiger partial charge in [-0.3, -0.25) is 4.21 Å². The van der Waals surface area contributed by atoms with Crippen molar-refractivity contribution in [3.8, 4) is 0 Å². The Morgan fingerprint density at radius 2 is 1.35 bits per heavy atom. The highest BCUT2D eigenvalue weighted by atomic mass is 32.3. The molecule has 0 aliphatic carbocycles. The minimum Gasteiger partial charge on any atom is -0.768 e. The average molecular weight is 416 g/mol. The van der Waals surface area contributed by atoms with Crippen LogP contribution in [0.3, 0.4) is 0 Å². The Hall–Kier alpha value is -0.450. The van der Waals surface area contributed by atoms with E-state index in [9.17, 15) is 52.1 Å². The molecular weight excluding hydrogens is 407 g/mol. The Balaban J connectivity index is 6.18. The average Bonchev–Trinajstić information content (AvgIpc) is 2.24. The molecule has 0 radical (unpaired) electrons. The van der Waals surface area contributed by atoms with Gasteiger partial charge >= 0.3 is 16.4 Å². The van der Waals surface area contributed by atoms with E-state index in [1.165, 1.54) is 0 Å². The molecule has 0 bridgehead atoms. The van der Waals surface area contributed by atoms with E-state index >= 15 is 0 Å². The zero-order chi connectivity index (χ0) is 19.3. The zero-order valence-electron chi connectivity index (χ0n) is 11.1. The standard InChI is InChI=1S/C7H10F7NO5S3/c1-4(2,8)22(3,18)15-23(19,20)7(13,14)5(9,10)6(11,12)21(16)17/h3H2,1-2H3,(H,15,18)(H,16,17)/p-1. The van der Waals surface area contributed by atoms with E-state index < -0.39 is 52.2 Å². The van der Waals surface area contributed by atoms with Gasteiger partial charge in [-0.25, -0.2) is 17.0 Å². The predicted molar refractivity (Wildman–Crippen MR) is 66.3 cm³/mol. The van der Waals surface area contributed by atoms with Crippen LogP contribution in [0.5, 0.6) is 0 Å². The van der Waals surface area contributed by atoms with E-state index in [0.29, 0.717) is 13.8 Å². The van der Waals surface area contributed by atoms with E-state index in [1.54, 1.807) is 0 Å². The summed E-state index contributed by atoms with van der Waals surface area (Å²) in [6.45, 7) is 0.755. The van der Waals surface area contributed by atoms with Gasteiger partial charge in [-0.1, -0.05) is 0 Å². The number of nitrogens with one attached hydrogen (secondary N) is 1. The quantitative estimate of drug-likeness (QED) is 0.378. The van der Waals surface area contributed by atoms with Crippen LogP contribution in [0.25, 0.3) is 0 Å². The molecule has 2 unspecified atom stereocenters. The molecule has 6 nitrogen and oxygen atoms in total. The first kappa shape index (κ1) is 22.6. The molecule has 0 aromatic carbocycles. The van der Waals surface area contributed by atoms with Gasteiger partial charge in [-0.2, -0.15) is 26.3 Å². The van der Waals surface area contributed by atoms with Crippen molar-refractivity contribution < 1.29 is 52.1 Å². The topological polar surface area (TPSA) is 103 Å². The van der Waals surface area contributed by atoms with Crippen LogP contribution in [-0.4, -0.2) is 48.7 Å². The fourth-order valence-corrected chi connectivity index (χ4v) is 4.27. The van der Waals surface area contributed by atoms with Gasteiger partial charge < -0.3 is 4.55 Å². The van der Waals surface area contributed by atoms with Crippen LogP contribution in [0.2, 0.25) is 0 Å². The first-order valence-electron chi connectivity index (χ1n) is 4.97. The van der Waals surface area contributed by atoms with Gasteiger partial charge in [0, 0.05) is 11.1 Å². The van der Waals surface area contributed by atoms with Gasteiger partial charge in [0.15, 0.2) is 5.00 Å². The molecular formula is C7H9F7NO5S3-. The Kier molecular flexibility index (Phi) is 5.70. The van der Waals surface area contributed by atoms with Crippen molar-refractivity contribution in [1.29, 1.82) is 0 Å². The minimum absolute atomic E-state index is 0.280. The molecule has 0 aromatic heterocycles. The van der Waals surface area contributed by atoms with E-state index in [4.69, 9.17) is 0 Å². The van der Waals surface area contributed by atoms with Crippen LogP contribution in [0.4, 0.5) is 30.7 Å². The number of sulfonamides is 1. The second-order valence-electron chi connectivity index (χ2n) is 4.47. The molecule has 140 valence electrons. The smallest absolute Gasteiger partial charge is 0.428 e. The summed E-state index contributed by atoms with van der Waals surface area (Å²) >= 11 is -5.13. The number of alkyl halides is 7. The lowest BCUT2D eigenvalue weighted by molar-refractivity contribution is -0.244. The van der Waals surface area contributed by atoms with Crippen LogP contribution < -0.4 is 4.13 Å². The van der Waals surface area contributed by atoms with E-state index in [1.807, 2.05) is 0 Å². The van der Waals surface area contributed by atoms with Gasteiger partial charge in [0.2, 0.25) is 0 Å². The normalized spacial score (nSPS) is 19.2. The highest BCUT2D eigenvalue weighted by Crippen LogP contribution is 2.49. The molecule has 16 heteroatoms. The molecule has 2 atom stereocenters. The van der Waals surface area contributed by atoms with Crippen LogP contribution in [-0.2, 0) is 30.8 Å². The molecule has 0 aliphatic rings. The number of hydrogen-bond donors (Lipinski definition) is 1. The van der Waals surface area contributed by atoms with Crippen molar-refractivity contribution in [1.82, 2.24) is 4.13 Å². The third-order valence-corrected chi connectivity index (χ3v) is 7.44. The summed E-state index contributed by atoms with van der Waals surface area (Å²) < 4.78 is 146. The largest absolute Gasteiger partial charge is 0.768 e. The SMILES string of the molecule is C=S(=O)(NS(=O)(=O)C(F)(F)C(F)(F)C(F)(F)S(=O)[O-])C(C)(C)F. The van der Waals surface area contributed by atoms with Crippen molar-refractivity contribution in [2.24, 2.45) is 0 Å². The maximum Gasteiger partial charge on any atom is 0.428 e. The molecule has 0 heterocycles. The summed E-state index contributed by atoms with van der Waals surface area (Å²) in [5.41, 5.74) is 0. The zero-order valence-corrected chi connectivity index (χ0v) is 13.6. The lowest BCUT2D eigenvalue weighted by Gasteiger charge is -2.33. The summed E-state index contributed by atoms with van der Waals surface area (Å²) in [5.74, 6) is -4.57. The predicted octanol–water partition coefficient (Wildman–Crippen LogP) is 0.943. The van der Waals surface area contributed by atoms with Gasteiger partial charge in [-0.15, -0.1) is 4.13 Å². The van der Waals surface area contributed by atoms with Gasteiger partial charge in [0.25, 0.3) is 10.0 Å². The van der Waals surface area contributed by atoms with Gasteiger partial charge in [-0.05, 0) is 19.7 Å². The lowest BCUT2D eigenvalue weighted by Crippen LogP contribution is -2.62. The third kappa shape index (κ3) is 3.64. The van der Waals surface area contributed by atoms with Crippen LogP contribution in [0.1, 0.15) is 13.8 Å². The molecule has 0 saturated carbocycles. The summed E-state index contributed by atoms with van der Waals surface area (Å²) in [7, 11) is -11.8. The molecule has 23 heavy (non-hydrogen) atoms. The highest BCUT2D eigenvalue weighted by Gasteiger charge is 2.78. The number of halogens is 7. The minimum atomic E-state index is -6.96. The Bertz CT molecular complexity index is 694. The van der Waals surface area contributed by atoms with Gasteiger partial charge in [0.05, 0.1) is 9.71 Å². The molecule has 0 aliphatic heterocycles. The van der Waals surface area contributed by atoms with E-state index in [2.05, 4.69) is 5.87 Å². The second-order valence-corrected chi connectivity index (χ2v) is 9.96. The van der Waals surface area contributed by atoms with E-state index in [0.717, 1.165) is 0 Å². The summed E-state index contributed by atoms with van der Waals surface area (Å²) in [4.78, 5) is 0. The van der Waals surface area contributed by atoms with Crippen molar-refractivity contribution >= 4 is 36.7 Å². The second kappa shape index (κ2) is 5.82. The van der Waals surface area contributed by atoms with Crippen LogP contribution in [0, 0.1) is 0 Å². The van der Waals surface area contributed by atoms with Crippen molar-refractivity contribution in [3.05, 3.63) is 0 Å². The number of rotatable bonds is 7. The highest BCUT2D eigenvalue weighted by molar-refractivity contribution is 8.10. The van der Waals surface area contributed by atoms with E-state index in [-0.39, 0.29) is 4.13 Å². The molecule has 1 N–H and O–H groups in total. The Morgan fingerprint density at radius 1 is 1.00 bits per heavy atom. The van der Waals surface area contributed by atoms with Crippen LogP contribution >= 0.6 is 0 Å². The maximum absolute atomic E-state index is 13.4. The summed E-state index contributed by atoms with van der Waals surface area (Å²) in [6.07, 6.45) is 0. The molecule has 0 amide bonds. The van der Waals surface area contributed by atoms with Crippen molar-refractivity contribution in [3.63, 3.8) is 0 Å². The monoisotopic (exact) mass is 416 g/mol. The molecule has 0 fully saturated rings. The fourth-order valence-electron chi connectivity index (χ4n) is 0.771. The fraction of sp³-hybridized carbons (Fsp3) is 0.857. The first-order valence-corrected chi connectivity index (χ1v) is 9.25. The molecule has 0 spiro atoms. The molecule has 0 saturated heterocycles. The van der Waals surface area contributed by atoms with Crippen LogP contribution in [0.15, 0.2) is 0 Å². The Morgan fingerprint density at radius 3 is 1.61 bits per heavy atom. The molecule has 0 aromatic rings. The number of hydrogen-bond acceptors (Lipinski definition) is 5. The van der Waals surface area contributed by atoms with Crippen molar-refractivity contribution in [2.75, 3.05) is 0 Å². The van der Waals surface area contributed by atoms with Crippen molar-refractivity contribution in [2.45, 2.75) is 35.3 Å².